The summed E-state index contributed by atoms with van der Waals surface area (Å²) in [7, 11) is 0. The van der Waals surface area contributed by atoms with Gasteiger partial charge in [0, 0.05) is 27.2 Å². The number of thioether (sulfide) groups is 1. The van der Waals surface area contributed by atoms with Crippen molar-refractivity contribution in [1.29, 1.82) is 0 Å². The van der Waals surface area contributed by atoms with Gasteiger partial charge in [-0.3, -0.25) is 10.1 Å². The zero-order chi connectivity index (χ0) is 28.2. The van der Waals surface area contributed by atoms with Gasteiger partial charge >= 0.3 is 6.09 Å². The van der Waals surface area contributed by atoms with Gasteiger partial charge in [0.05, 0.1) is 17.5 Å². The average molecular weight is 615 g/mol. The maximum absolute atomic E-state index is 12.9. The van der Waals surface area contributed by atoms with E-state index < -0.39 is 18.3 Å². The SMILES string of the molecule is CCO[C@@H](CC/C=C/C(=O)Nc1ccccc1N)[C@@H](OC(=O)Nc1ccc(SC)cc1)c1cc(Br)ccc1O. The molecule has 0 aromatic heterocycles. The van der Waals surface area contributed by atoms with Crippen LogP contribution in [0, 0.1) is 0 Å². The highest BCUT2D eigenvalue weighted by molar-refractivity contribution is 9.10. The van der Waals surface area contributed by atoms with Gasteiger partial charge in [0.25, 0.3) is 0 Å². The maximum atomic E-state index is 12.9. The number of carbonyl (C=O) groups is 2. The molecule has 3 rings (SSSR count). The fourth-order valence-electron chi connectivity index (χ4n) is 3.80. The smallest absolute Gasteiger partial charge is 0.412 e. The molecule has 0 radical (unpaired) electrons. The number of rotatable bonds is 12. The second-order valence-electron chi connectivity index (χ2n) is 8.43. The molecule has 10 heteroatoms. The van der Waals surface area contributed by atoms with Gasteiger partial charge in [0.15, 0.2) is 6.10 Å². The van der Waals surface area contributed by atoms with Crippen molar-refractivity contribution in [2.24, 2.45) is 0 Å². The summed E-state index contributed by atoms with van der Waals surface area (Å²) in [6.07, 6.45) is 3.78. The highest BCUT2D eigenvalue weighted by Crippen LogP contribution is 2.35. The van der Waals surface area contributed by atoms with Crippen LogP contribution in [0.15, 0.2) is 88.3 Å². The Hall–Kier alpha value is -3.47. The summed E-state index contributed by atoms with van der Waals surface area (Å²) in [4.78, 5) is 26.3. The molecule has 2 amide bonds. The number of nitrogens with one attached hydrogen (secondary N) is 2. The molecule has 206 valence electrons. The number of para-hydroxylation sites is 2. The predicted octanol–water partition coefficient (Wildman–Crippen LogP) is 7.13. The molecule has 2 atom stereocenters. The molecule has 39 heavy (non-hydrogen) atoms. The van der Waals surface area contributed by atoms with Crippen LogP contribution in [-0.4, -0.2) is 36.1 Å². The summed E-state index contributed by atoms with van der Waals surface area (Å²) in [5.41, 5.74) is 7.87. The van der Waals surface area contributed by atoms with E-state index in [1.807, 2.05) is 25.3 Å². The first-order valence-electron chi connectivity index (χ1n) is 12.3. The molecular formula is C29H32BrN3O5S. The van der Waals surface area contributed by atoms with Crippen LogP contribution in [0.2, 0.25) is 0 Å². The zero-order valence-corrected chi connectivity index (χ0v) is 24.1. The number of anilines is 3. The zero-order valence-electron chi connectivity index (χ0n) is 21.7. The second-order valence-corrected chi connectivity index (χ2v) is 10.2. The van der Waals surface area contributed by atoms with Crippen LogP contribution in [0.3, 0.4) is 0 Å². The summed E-state index contributed by atoms with van der Waals surface area (Å²) in [6, 6.07) is 19.3. The molecule has 0 aliphatic heterocycles. The fourth-order valence-corrected chi connectivity index (χ4v) is 4.59. The number of hydrogen-bond acceptors (Lipinski definition) is 7. The van der Waals surface area contributed by atoms with E-state index >= 15 is 0 Å². The van der Waals surface area contributed by atoms with Gasteiger partial charge in [0.1, 0.15) is 5.75 Å². The highest BCUT2D eigenvalue weighted by atomic mass is 79.9. The Morgan fingerprint density at radius 1 is 1.10 bits per heavy atom. The molecule has 3 aromatic carbocycles. The van der Waals surface area contributed by atoms with Crippen LogP contribution in [0.5, 0.6) is 5.75 Å². The number of aromatic hydroxyl groups is 1. The lowest BCUT2D eigenvalue weighted by atomic mass is 9.99. The van der Waals surface area contributed by atoms with Crippen molar-refractivity contribution in [1.82, 2.24) is 0 Å². The highest BCUT2D eigenvalue weighted by Gasteiger charge is 2.30. The van der Waals surface area contributed by atoms with Crippen LogP contribution in [0.25, 0.3) is 0 Å². The van der Waals surface area contributed by atoms with Crippen molar-refractivity contribution in [3.63, 3.8) is 0 Å². The fraction of sp³-hybridized carbons (Fsp3) is 0.241. The first kappa shape index (κ1) is 30.1. The number of halogens is 1. The number of phenols is 1. The van der Waals surface area contributed by atoms with E-state index in [0.29, 0.717) is 46.5 Å². The van der Waals surface area contributed by atoms with Crippen molar-refractivity contribution in [3.8, 4) is 5.75 Å². The van der Waals surface area contributed by atoms with Gasteiger partial charge in [-0.05, 0) is 86.7 Å². The van der Waals surface area contributed by atoms with E-state index in [2.05, 4.69) is 26.6 Å². The largest absolute Gasteiger partial charge is 0.508 e. The Morgan fingerprint density at radius 2 is 1.85 bits per heavy atom. The number of allylic oxidation sites excluding steroid dienone is 1. The molecule has 0 heterocycles. The Bertz CT molecular complexity index is 1290. The molecule has 0 unspecified atom stereocenters. The Morgan fingerprint density at radius 3 is 2.54 bits per heavy atom. The number of carbonyl (C=O) groups excluding carboxylic acids is 2. The average Bonchev–Trinajstić information content (AvgIpc) is 2.92. The lowest BCUT2D eigenvalue weighted by Crippen LogP contribution is -2.29. The molecule has 0 fully saturated rings. The molecule has 0 saturated heterocycles. The van der Waals surface area contributed by atoms with Gasteiger partial charge in [-0.15, -0.1) is 11.8 Å². The van der Waals surface area contributed by atoms with Crippen LogP contribution < -0.4 is 16.4 Å². The maximum Gasteiger partial charge on any atom is 0.412 e. The summed E-state index contributed by atoms with van der Waals surface area (Å²) in [5.74, 6) is -0.342. The van der Waals surface area contributed by atoms with Gasteiger partial charge in [-0.2, -0.15) is 0 Å². The second kappa shape index (κ2) is 15.2. The number of benzene rings is 3. The van der Waals surface area contributed by atoms with Crippen molar-refractivity contribution in [2.75, 3.05) is 29.2 Å². The van der Waals surface area contributed by atoms with Gasteiger partial charge in [0.2, 0.25) is 5.91 Å². The van der Waals surface area contributed by atoms with Gasteiger partial charge in [-0.25, -0.2) is 4.79 Å². The molecule has 0 saturated carbocycles. The standard InChI is InChI=1S/C29H32BrN3O5S/c1-3-37-26(10-6-7-11-27(35)33-24-9-5-4-8-23(24)31)28(22-18-19(30)12-17-25(22)34)38-29(36)32-20-13-15-21(39-2)16-14-20/h4-5,7-9,11-18,26,28,34H,3,6,10,31H2,1-2H3,(H,32,36)(H,33,35)/b11-7+/t26-,28-/m0/s1. The van der Waals surface area contributed by atoms with E-state index in [0.717, 1.165) is 4.90 Å². The lowest BCUT2D eigenvalue weighted by molar-refractivity contribution is -0.111. The van der Waals surface area contributed by atoms with Gasteiger partial charge in [-0.1, -0.05) is 34.1 Å². The third-order valence-corrected chi connectivity index (χ3v) is 6.93. The summed E-state index contributed by atoms with van der Waals surface area (Å²) in [6.45, 7) is 2.19. The van der Waals surface area contributed by atoms with E-state index in [1.165, 1.54) is 12.1 Å². The molecule has 0 spiro atoms. The molecule has 3 aromatic rings. The van der Waals surface area contributed by atoms with E-state index in [4.69, 9.17) is 15.2 Å². The number of hydrogen-bond donors (Lipinski definition) is 4. The minimum atomic E-state index is -0.917. The molecule has 8 nitrogen and oxygen atoms in total. The molecule has 5 N–H and O–H groups in total. The number of nitrogen functional groups attached to an aromatic ring is 1. The topological polar surface area (TPSA) is 123 Å². The normalized spacial score (nSPS) is 12.6. The lowest BCUT2D eigenvalue weighted by Gasteiger charge is -2.28. The Kier molecular flexibility index (Phi) is 11.7. The summed E-state index contributed by atoms with van der Waals surface area (Å²) < 4.78 is 12.5. The molecule has 0 aliphatic rings. The van der Waals surface area contributed by atoms with Crippen molar-refractivity contribution < 1.29 is 24.2 Å². The first-order chi connectivity index (χ1) is 18.8. The van der Waals surface area contributed by atoms with Crippen LogP contribution >= 0.6 is 27.7 Å². The van der Waals surface area contributed by atoms with Crippen molar-refractivity contribution in [3.05, 3.63) is 88.9 Å². The number of nitrogens with two attached hydrogens (primary N) is 1. The third-order valence-electron chi connectivity index (χ3n) is 5.69. The molecule has 0 aliphatic carbocycles. The van der Waals surface area contributed by atoms with Crippen LogP contribution in [0.4, 0.5) is 21.9 Å². The van der Waals surface area contributed by atoms with Crippen LogP contribution in [-0.2, 0) is 14.3 Å². The minimum absolute atomic E-state index is 0.0274. The minimum Gasteiger partial charge on any atom is -0.508 e. The summed E-state index contributed by atoms with van der Waals surface area (Å²) in [5, 5.41) is 16.1. The van der Waals surface area contributed by atoms with E-state index in [1.54, 1.807) is 66.4 Å². The van der Waals surface area contributed by atoms with Crippen molar-refractivity contribution >= 4 is 56.8 Å². The Labute approximate surface area is 241 Å². The van der Waals surface area contributed by atoms with Crippen LogP contribution in [0.1, 0.15) is 31.4 Å². The quantitative estimate of drug-likeness (QED) is 0.0973. The first-order valence-corrected chi connectivity index (χ1v) is 14.4. The number of amides is 2. The Balaban J connectivity index is 1.73. The number of ether oxygens (including phenoxy) is 2. The van der Waals surface area contributed by atoms with E-state index in [-0.39, 0.29) is 11.7 Å². The monoisotopic (exact) mass is 613 g/mol. The molecular weight excluding hydrogens is 582 g/mol. The van der Waals surface area contributed by atoms with Crippen molar-refractivity contribution in [2.45, 2.75) is 36.9 Å². The third kappa shape index (κ3) is 9.35. The summed E-state index contributed by atoms with van der Waals surface area (Å²) >= 11 is 5.02. The van der Waals surface area contributed by atoms with E-state index in [9.17, 15) is 14.7 Å². The molecule has 0 bridgehead atoms. The predicted molar refractivity (Wildman–Crippen MR) is 160 cm³/mol. The number of phenolic OH excluding ortho intramolecular Hbond substituents is 1. The van der Waals surface area contributed by atoms with Gasteiger partial charge < -0.3 is 25.6 Å².